The van der Waals surface area contributed by atoms with Gasteiger partial charge in [0.15, 0.2) is 5.65 Å². The maximum absolute atomic E-state index is 11.9. The lowest BCUT2D eigenvalue weighted by atomic mass is 10.2. The molecule has 0 fully saturated rings. The number of H-pyrrole nitrogens is 1. The van der Waals surface area contributed by atoms with Gasteiger partial charge in [-0.1, -0.05) is 15.9 Å². The fourth-order valence-corrected chi connectivity index (χ4v) is 2.51. The van der Waals surface area contributed by atoms with Crippen LogP contribution in [0.25, 0.3) is 22.1 Å². The van der Waals surface area contributed by atoms with Crippen LogP contribution in [0.15, 0.2) is 27.5 Å². The van der Waals surface area contributed by atoms with Gasteiger partial charge in [0.2, 0.25) is 0 Å². The number of aromatic nitrogens is 4. The Morgan fingerprint density at radius 3 is 2.83 bits per heavy atom. The fourth-order valence-electron chi connectivity index (χ4n) is 2.15. The first-order valence-corrected chi connectivity index (χ1v) is 6.43. The van der Waals surface area contributed by atoms with Crippen molar-refractivity contribution in [1.82, 2.24) is 19.7 Å². The van der Waals surface area contributed by atoms with E-state index >= 15 is 0 Å². The number of imidazole rings is 1. The molecule has 0 unspecified atom stereocenters. The summed E-state index contributed by atoms with van der Waals surface area (Å²) in [4.78, 5) is 14.7. The van der Waals surface area contributed by atoms with Crippen molar-refractivity contribution in [3.05, 3.63) is 33.2 Å². The second-order valence-electron chi connectivity index (χ2n) is 4.45. The maximum Gasteiger partial charge on any atom is 0.327 e. The van der Waals surface area contributed by atoms with Gasteiger partial charge in [-0.05, 0) is 32.0 Å². The van der Waals surface area contributed by atoms with Gasteiger partial charge in [-0.15, -0.1) is 10.2 Å². The molecule has 0 aliphatic heterocycles. The summed E-state index contributed by atoms with van der Waals surface area (Å²) in [6.45, 7) is 3.94. The molecule has 2 heterocycles. The first-order valence-electron chi connectivity index (χ1n) is 5.64. The van der Waals surface area contributed by atoms with Crippen molar-refractivity contribution < 1.29 is 0 Å². The van der Waals surface area contributed by atoms with Gasteiger partial charge in [-0.3, -0.25) is 9.55 Å². The second-order valence-corrected chi connectivity index (χ2v) is 5.37. The van der Waals surface area contributed by atoms with Crippen molar-refractivity contribution in [3.8, 4) is 0 Å². The van der Waals surface area contributed by atoms with Crippen molar-refractivity contribution in [1.29, 1.82) is 0 Å². The Morgan fingerprint density at radius 1 is 1.33 bits per heavy atom. The number of hydrogen-bond acceptors (Lipinski definition) is 3. The van der Waals surface area contributed by atoms with Gasteiger partial charge in [-0.2, -0.15) is 0 Å². The smallest absolute Gasteiger partial charge is 0.289 e. The van der Waals surface area contributed by atoms with E-state index in [2.05, 4.69) is 31.1 Å². The van der Waals surface area contributed by atoms with Gasteiger partial charge < -0.3 is 0 Å². The molecule has 0 aliphatic rings. The lowest BCUT2D eigenvalue weighted by molar-refractivity contribution is 0.599. The molecule has 0 bridgehead atoms. The van der Waals surface area contributed by atoms with Crippen molar-refractivity contribution in [3.63, 3.8) is 0 Å². The van der Waals surface area contributed by atoms with Crippen LogP contribution in [0.5, 0.6) is 0 Å². The van der Waals surface area contributed by atoms with Gasteiger partial charge >= 0.3 is 5.69 Å². The van der Waals surface area contributed by atoms with E-state index in [1.54, 1.807) is 4.57 Å². The molecule has 2 aromatic heterocycles. The van der Waals surface area contributed by atoms with E-state index in [0.29, 0.717) is 5.65 Å². The molecule has 3 rings (SSSR count). The normalized spacial score (nSPS) is 11.8. The number of nitrogens with zero attached hydrogens (tertiary/aromatic N) is 3. The number of hydrogen-bond donors (Lipinski definition) is 1. The molecular formula is C12H11BrN4O. The summed E-state index contributed by atoms with van der Waals surface area (Å²) in [5, 5.41) is 9.09. The molecule has 0 saturated heterocycles. The summed E-state index contributed by atoms with van der Waals surface area (Å²) >= 11 is 3.44. The summed E-state index contributed by atoms with van der Waals surface area (Å²) < 4.78 is 2.66. The Hall–Kier alpha value is -1.69. The van der Waals surface area contributed by atoms with Crippen molar-refractivity contribution >= 4 is 38.0 Å². The summed E-state index contributed by atoms with van der Waals surface area (Å²) in [7, 11) is 0. The quantitative estimate of drug-likeness (QED) is 0.751. The van der Waals surface area contributed by atoms with Gasteiger partial charge in [0.25, 0.3) is 0 Å². The van der Waals surface area contributed by atoms with Crippen molar-refractivity contribution in [2.75, 3.05) is 0 Å². The fraction of sp³-hybridized carbons (Fsp3) is 0.250. The molecule has 0 saturated carbocycles. The van der Waals surface area contributed by atoms with Crippen LogP contribution >= 0.6 is 15.9 Å². The average Bonchev–Trinajstić information content (AvgIpc) is 2.65. The summed E-state index contributed by atoms with van der Waals surface area (Å²) in [6, 6.07) is 5.82. The minimum absolute atomic E-state index is 0.0673. The predicted octanol–water partition coefficient (Wildman–Crippen LogP) is 2.62. The highest BCUT2D eigenvalue weighted by Gasteiger charge is 2.14. The highest BCUT2D eigenvalue weighted by atomic mass is 79.9. The summed E-state index contributed by atoms with van der Waals surface area (Å²) in [5.41, 5.74) is 1.96. The van der Waals surface area contributed by atoms with E-state index in [-0.39, 0.29) is 11.7 Å². The van der Waals surface area contributed by atoms with E-state index in [4.69, 9.17) is 0 Å². The molecule has 1 aromatic carbocycles. The first-order chi connectivity index (χ1) is 8.58. The van der Waals surface area contributed by atoms with Crippen LogP contribution in [-0.2, 0) is 0 Å². The van der Waals surface area contributed by atoms with Crippen LogP contribution < -0.4 is 5.69 Å². The van der Waals surface area contributed by atoms with Gasteiger partial charge in [0.05, 0.1) is 5.52 Å². The molecule has 5 nitrogen and oxygen atoms in total. The number of fused-ring (bicyclic) bond motifs is 3. The van der Waals surface area contributed by atoms with E-state index in [9.17, 15) is 4.79 Å². The number of benzene rings is 1. The maximum atomic E-state index is 11.9. The molecule has 0 atom stereocenters. The Labute approximate surface area is 111 Å². The third-order valence-electron chi connectivity index (χ3n) is 2.90. The Kier molecular flexibility index (Phi) is 2.48. The standard InChI is InChI=1S/C12H11BrN4O/c1-6(2)17-10-8-5-7(13)3-4-9(8)15-16-11(10)14-12(17)18/h3-6H,1-2H3,(H,14,16,18). The molecule has 6 heteroatoms. The molecular weight excluding hydrogens is 296 g/mol. The van der Waals surface area contributed by atoms with Gasteiger partial charge in [0, 0.05) is 15.9 Å². The van der Waals surface area contributed by atoms with Crippen LogP contribution in [0.3, 0.4) is 0 Å². The zero-order chi connectivity index (χ0) is 12.9. The highest BCUT2D eigenvalue weighted by Crippen LogP contribution is 2.25. The van der Waals surface area contributed by atoms with Crippen LogP contribution in [-0.4, -0.2) is 19.7 Å². The van der Waals surface area contributed by atoms with Crippen LogP contribution in [0, 0.1) is 0 Å². The number of halogens is 1. The lowest BCUT2D eigenvalue weighted by Crippen LogP contribution is -2.18. The average molecular weight is 307 g/mol. The van der Waals surface area contributed by atoms with Crippen molar-refractivity contribution in [2.24, 2.45) is 0 Å². The third kappa shape index (κ3) is 1.56. The monoisotopic (exact) mass is 306 g/mol. The molecule has 0 aliphatic carbocycles. The lowest BCUT2D eigenvalue weighted by Gasteiger charge is -2.08. The van der Waals surface area contributed by atoms with Crippen LogP contribution in [0.4, 0.5) is 0 Å². The number of rotatable bonds is 1. The predicted molar refractivity (Wildman–Crippen MR) is 73.7 cm³/mol. The van der Waals surface area contributed by atoms with E-state index < -0.39 is 0 Å². The zero-order valence-electron chi connectivity index (χ0n) is 9.94. The SMILES string of the molecule is CC(C)n1c(=O)[nH]c2nnc3ccc(Br)cc3c21. The van der Waals surface area contributed by atoms with E-state index in [0.717, 1.165) is 20.9 Å². The van der Waals surface area contributed by atoms with E-state index in [1.165, 1.54) is 0 Å². The molecule has 18 heavy (non-hydrogen) atoms. The Morgan fingerprint density at radius 2 is 2.11 bits per heavy atom. The minimum atomic E-state index is -0.151. The van der Waals surface area contributed by atoms with Gasteiger partial charge in [0.1, 0.15) is 5.52 Å². The second kappa shape index (κ2) is 3.91. The Balaban J connectivity index is 2.59. The summed E-state index contributed by atoms with van der Waals surface area (Å²) in [6.07, 6.45) is 0. The van der Waals surface area contributed by atoms with Gasteiger partial charge in [-0.25, -0.2) is 4.79 Å². The highest BCUT2D eigenvalue weighted by molar-refractivity contribution is 9.10. The molecule has 0 amide bonds. The largest absolute Gasteiger partial charge is 0.327 e. The molecule has 0 spiro atoms. The number of aromatic amines is 1. The molecule has 0 radical (unpaired) electrons. The van der Waals surface area contributed by atoms with E-state index in [1.807, 2.05) is 32.0 Å². The molecule has 3 aromatic rings. The molecule has 92 valence electrons. The minimum Gasteiger partial charge on any atom is -0.289 e. The Bertz CT molecular complexity index is 803. The molecule has 1 N–H and O–H groups in total. The number of nitrogens with one attached hydrogen (secondary N) is 1. The first kappa shape index (κ1) is 11.4. The topological polar surface area (TPSA) is 63.6 Å². The van der Waals surface area contributed by atoms with Crippen LogP contribution in [0.2, 0.25) is 0 Å². The van der Waals surface area contributed by atoms with Crippen LogP contribution in [0.1, 0.15) is 19.9 Å². The zero-order valence-corrected chi connectivity index (χ0v) is 11.5. The van der Waals surface area contributed by atoms with Crippen molar-refractivity contribution in [2.45, 2.75) is 19.9 Å². The summed E-state index contributed by atoms with van der Waals surface area (Å²) in [5.74, 6) is 0. The third-order valence-corrected chi connectivity index (χ3v) is 3.39.